The van der Waals surface area contributed by atoms with Crippen LogP contribution in [0.4, 0.5) is 11.5 Å². The maximum absolute atomic E-state index is 12.7. The van der Waals surface area contributed by atoms with Gasteiger partial charge >= 0.3 is 0 Å². The van der Waals surface area contributed by atoms with Crippen molar-refractivity contribution in [3.63, 3.8) is 0 Å². The molecule has 3 heterocycles. The smallest absolute Gasteiger partial charge is 0.287 e. The highest BCUT2D eigenvalue weighted by Gasteiger charge is 2.21. The van der Waals surface area contributed by atoms with Crippen LogP contribution in [0.1, 0.15) is 19.6 Å². The molecule has 1 aliphatic heterocycles. The van der Waals surface area contributed by atoms with Gasteiger partial charge in [0.1, 0.15) is 22.1 Å². The van der Waals surface area contributed by atoms with E-state index in [1.807, 2.05) is 19.1 Å². The highest BCUT2D eigenvalue weighted by molar-refractivity contribution is 7.90. The SMILES string of the molecule is Cc1cc2cc(NC(N)=NS(=O)(=O)c3ccc(N4CCN(C(C)C)CC4)nc3)ccc2o1. The van der Waals surface area contributed by atoms with E-state index in [0.717, 1.165) is 48.7 Å². The van der Waals surface area contributed by atoms with Gasteiger partial charge in [-0.3, -0.25) is 4.90 Å². The van der Waals surface area contributed by atoms with Gasteiger partial charge in [-0.25, -0.2) is 4.98 Å². The number of benzene rings is 1. The van der Waals surface area contributed by atoms with E-state index < -0.39 is 10.0 Å². The van der Waals surface area contributed by atoms with Crippen molar-refractivity contribution in [1.82, 2.24) is 9.88 Å². The lowest BCUT2D eigenvalue weighted by Gasteiger charge is -2.37. The van der Waals surface area contributed by atoms with E-state index in [-0.39, 0.29) is 10.9 Å². The Morgan fingerprint density at radius 1 is 1.16 bits per heavy atom. The Labute approximate surface area is 188 Å². The fourth-order valence-electron chi connectivity index (χ4n) is 3.79. The van der Waals surface area contributed by atoms with Crippen LogP contribution in [0.15, 0.2) is 56.3 Å². The topological polar surface area (TPSA) is 117 Å². The zero-order valence-corrected chi connectivity index (χ0v) is 19.3. The van der Waals surface area contributed by atoms with E-state index in [2.05, 4.69) is 38.3 Å². The molecule has 0 radical (unpaired) electrons. The van der Waals surface area contributed by atoms with E-state index >= 15 is 0 Å². The molecule has 0 spiro atoms. The van der Waals surface area contributed by atoms with Gasteiger partial charge in [0.25, 0.3) is 10.0 Å². The molecule has 0 unspecified atom stereocenters. The normalized spacial score (nSPS) is 16.1. The van der Waals surface area contributed by atoms with Crippen LogP contribution in [0, 0.1) is 6.92 Å². The molecule has 170 valence electrons. The first kappa shape index (κ1) is 22.1. The highest BCUT2D eigenvalue weighted by Crippen LogP contribution is 2.23. The number of furan rings is 1. The van der Waals surface area contributed by atoms with E-state index in [9.17, 15) is 8.42 Å². The number of anilines is 2. The number of hydrogen-bond donors (Lipinski definition) is 2. The first-order valence-corrected chi connectivity index (χ1v) is 12.0. The quantitative estimate of drug-likeness (QED) is 0.445. The van der Waals surface area contributed by atoms with Crippen LogP contribution in [0.3, 0.4) is 0 Å². The van der Waals surface area contributed by atoms with Crippen molar-refractivity contribution in [2.24, 2.45) is 10.1 Å². The summed E-state index contributed by atoms with van der Waals surface area (Å²) in [7, 11) is -3.99. The molecule has 9 nitrogen and oxygen atoms in total. The molecule has 3 N–H and O–H groups in total. The number of nitrogens with one attached hydrogen (secondary N) is 1. The largest absolute Gasteiger partial charge is 0.461 e. The molecule has 0 aliphatic carbocycles. The molecule has 0 bridgehead atoms. The first-order valence-electron chi connectivity index (χ1n) is 10.5. The fourth-order valence-corrected chi connectivity index (χ4v) is 4.62. The molecule has 4 rings (SSSR count). The molecule has 1 aromatic carbocycles. The summed E-state index contributed by atoms with van der Waals surface area (Å²) in [6, 6.07) is 11.0. The zero-order chi connectivity index (χ0) is 22.9. The summed E-state index contributed by atoms with van der Waals surface area (Å²) in [5.41, 5.74) is 7.22. The minimum atomic E-state index is -3.99. The van der Waals surface area contributed by atoms with Crippen LogP contribution in [0.5, 0.6) is 0 Å². The molecule has 3 aromatic rings. The Kier molecular flexibility index (Phi) is 6.07. The van der Waals surface area contributed by atoms with E-state index in [1.54, 1.807) is 18.2 Å². The predicted molar refractivity (Wildman–Crippen MR) is 127 cm³/mol. The third-order valence-corrected chi connectivity index (χ3v) is 6.79. The third-order valence-electron chi connectivity index (χ3n) is 5.52. The average molecular weight is 457 g/mol. The number of nitrogens with zero attached hydrogens (tertiary/aromatic N) is 4. The average Bonchev–Trinajstić information content (AvgIpc) is 3.12. The number of aryl methyl sites for hydroxylation is 1. The summed E-state index contributed by atoms with van der Waals surface area (Å²) in [6.45, 7) is 9.85. The molecule has 0 atom stereocenters. The van der Waals surface area contributed by atoms with E-state index in [1.165, 1.54) is 12.3 Å². The van der Waals surface area contributed by atoms with Gasteiger partial charge < -0.3 is 20.4 Å². The second kappa shape index (κ2) is 8.79. The van der Waals surface area contributed by atoms with E-state index in [4.69, 9.17) is 10.2 Å². The monoisotopic (exact) mass is 456 g/mol. The summed E-state index contributed by atoms with van der Waals surface area (Å²) in [5.74, 6) is 1.32. The van der Waals surface area contributed by atoms with Crippen molar-refractivity contribution in [3.8, 4) is 0 Å². The van der Waals surface area contributed by atoms with Gasteiger partial charge in [0.2, 0.25) is 5.96 Å². The van der Waals surface area contributed by atoms with Crippen molar-refractivity contribution in [3.05, 3.63) is 48.4 Å². The Morgan fingerprint density at radius 3 is 2.56 bits per heavy atom. The van der Waals surface area contributed by atoms with Crippen LogP contribution in [0.2, 0.25) is 0 Å². The van der Waals surface area contributed by atoms with Gasteiger partial charge in [-0.1, -0.05) is 0 Å². The Morgan fingerprint density at radius 2 is 1.91 bits per heavy atom. The molecule has 1 saturated heterocycles. The van der Waals surface area contributed by atoms with Gasteiger partial charge in [-0.15, -0.1) is 4.40 Å². The summed E-state index contributed by atoms with van der Waals surface area (Å²) in [6.07, 6.45) is 1.33. The van der Waals surface area contributed by atoms with Crippen molar-refractivity contribution in [2.45, 2.75) is 31.7 Å². The maximum Gasteiger partial charge on any atom is 0.287 e. The first-order chi connectivity index (χ1) is 15.2. The van der Waals surface area contributed by atoms with Crippen molar-refractivity contribution >= 4 is 38.5 Å². The number of guanidine groups is 1. The predicted octanol–water partition coefficient (Wildman–Crippen LogP) is 2.78. The number of fused-ring (bicyclic) bond motifs is 1. The van der Waals surface area contributed by atoms with Gasteiger partial charge in [0.15, 0.2) is 0 Å². The van der Waals surface area contributed by atoms with Gasteiger partial charge in [0.05, 0.1) is 0 Å². The van der Waals surface area contributed by atoms with Crippen LogP contribution >= 0.6 is 0 Å². The highest BCUT2D eigenvalue weighted by atomic mass is 32.2. The molecule has 32 heavy (non-hydrogen) atoms. The Hall–Kier alpha value is -3.11. The molecule has 2 aromatic heterocycles. The molecule has 1 aliphatic rings. The number of rotatable bonds is 5. The second-order valence-corrected chi connectivity index (χ2v) is 9.76. The van der Waals surface area contributed by atoms with Crippen molar-refractivity contribution < 1.29 is 12.8 Å². The summed E-state index contributed by atoms with van der Waals surface area (Å²) in [4.78, 5) is 8.91. The summed E-state index contributed by atoms with van der Waals surface area (Å²) in [5, 5.41) is 3.71. The van der Waals surface area contributed by atoms with Gasteiger partial charge in [-0.2, -0.15) is 8.42 Å². The van der Waals surface area contributed by atoms with Gasteiger partial charge in [0, 0.05) is 49.5 Å². The Balaban J connectivity index is 1.44. The molecule has 0 amide bonds. The lowest BCUT2D eigenvalue weighted by Crippen LogP contribution is -2.49. The molecular weight excluding hydrogens is 428 g/mol. The maximum atomic E-state index is 12.7. The lowest BCUT2D eigenvalue weighted by atomic mass is 10.2. The zero-order valence-electron chi connectivity index (χ0n) is 18.4. The second-order valence-electron chi connectivity index (χ2n) is 8.16. The molecule has 0 saturated carbocycles. The Bertz CT molecular complexity index is 1230. The minimum Gasteiger partial charge on any atom is -0.461 e. The molecule has 1 fully saturated rings. The molecular formula is C22H28N6O3S. The van der Waals surface area contributed by atoms with Crippen LogP contribution < -0.4 is 16.0 Å². The van der Waals surface area contributed by atoms with Crippen LogP contribution in [-0.4, -0.2) is 56.5 Å². The van der Waals surface area contributed by atoms with Crippen molar-refractivity contribution in [1.29, 1.82) is 0 Å². The lowest BCUT2D eigenvalue weighted by molar-refractivity contribution is 0.209. The van der Waals surface area contributed by atoms with Crippen molar-refractivity contribution in [2.75, 3.05) is 36.4 Å². The number of pyridine rings is 1. The third kappa shape index (κ3) is 4.86. The number of nitrogens with two attached hydrogens (primary N) is 1. The number of sulfonamides is 1. The number of piperazine rings is 1. The van der Waals surface area contributed by atoms with Gasteiger partial charge in [-0.05, 0) is 57.2 Å². The van der Waals surface area contributed by atoms with Crippen LogP contribution in [0.25, 0.3) is 11.0 Å². The number of aromatic nitrogens is 1. The van der Waals surface area contributed by atoms with E-state index in [0.29, 0.717) is 11.7 Å². The summed E-state index contributed by atoms with van der Waals surface area (Å²) < 4.78 is 34.6. The molecule has 10 heteroatoms. The standard InChI is InChI=1S/C22H28N6O3S/c1-15(2)27-8-10-28(11-9-27)21-7-5-19(14-24-21)32(29,30)26-22(23)25-18-4-6-20-17(13-18)12-16(3)31-20/h4-7,12-15H,8-11H2,1-3H3,(H3,23,25,26). The minimum absolute atomic E-state index is 0.00673. The fraction of sp³-hybridized carbons (Fsp3) is 0.364. The summed E-state index contributed by atoms with van der Waals surface area (Å²) >= 11 is 0. The number of hydrogen-bond acceptors (Lipinski definition) is 6. The van der Waals surface area contributed by atoms with Crippen LogP contribution in [-0.2, 0) is 10.0 Å².